The van der Waals surface area contributed by atoms with Crippen LogP contribution in [-0.4, -0.2) is 16.0 Å². The molecule has 0 aliphatic heterocycles. The Hall–Kier alpha value is -2.10. The number of hydrogen-bond donors (Lipinski definition) is 2. The highest BCUT2D eigenvalue weighted by Crippen LogP contribution is 2.19. The van der Waals surface area contributed by atoms with Gasteiger partial charge in [0.25, 0.3) is 0 Å². The molecule has 4 nitrogen and oxygen atoms in total. The molecular formula is C16H22N4. The Morgan fingerprint density at radius 2 is 1.80 bits per heavy atom. The van der Waals surface area contributed by atoms with Gasteiger partial charge in [-0.15, -0.1) is 0 Å². The molecule has 0 amide bonds. The molecule has 2 N–H and O–H groups in total. The van der Waals surface area contributed by atoms with E-state index < -0.39 is 0 Å². The van der Waals surface area contributed by atoms with Crippen molar-refractivity contribution in [1.29, 1.82) is 0 Å². The molecule has 0 saturated heterocycles. The van der Waals surface area contributed by atoms with Crippen LogP contribution >= 0.6 is 0 Å². The Kier molecular flexibility index (Phi) is 4.56. The molecule has 2 rings (SSSR count). The summed E-state index contributed by atoms with van der Waals surface area (Å²) >= 11 is 0. The van der Waals surface area contributed by atoms with Gasteiger partial charge >= 0.3 is 0 Å². The zero-order valence-electron chi connectivity index (χ0n) is 12.6. The Labute approximate surface area is 120 Å². The van der Waals surface area contributed by atoms with Crippen LogP contribution < -0.4 is 10.6 Å². The number of anilines is 3. The molecule has 1 atom stereocenters. The summed E-state index contributed by atoms with van der Waals surface area (Å²) in [4.78, 5) is 8.50. The minimum atomic E-state index is 0.402. The molecule has 0 radical (unpaired) electrons. The number of rotatable bonds is 5. The number of nitrogens with one attached hydrogen (secondary N) is 2. The lowest BCUT2D eigenvalue weighted by Gasteiger charge is -2.13. The van der Waals surface area contributed by atoms with Gasteiger partial charge in [-0.05, 0) is 50.5 Å². The van der Waals surface area contributed by atoms with Gasteiger partial charge in [0.2, 0.25) is 0 Å². The molecule has 1 unspecified atom stereocenters. The Balaban J connectivity index is 2.12. The fourth-order valence-electron chi connectivity index (χ4n) is 1.83. The van der Waals surface area contributed by atoms with Crippen LogP contribution in [0.2, 0.25) is 0 Å². The molecule has 0 aliphatic rings. The van der Waals surface area contributed by atoms with Crippen molar-refractivity contribution >= 4 is 17.3 Å². The van der Waals surface area contributed by atoms with E-state index in [1.54, 1.807) is 6.33 Å². The third-order valence-corrected chi connectivity index (χ3v) is 3.45. The van der Waals surface area contributed by atoms with Crippen molar-refractivity contribution in [3.8, 4) is 0 Å². The summed E-state index contributed by atoms with van der Waals surface area (Å²) in [6.07, 6.45) is 2.64. The van der Waals surface area contributed by atoms with Gasteiger partial charge in [0.1, 0.15) is 18.0 Å². The first-order valence-corrected chi connectivity index (χ1v) is 7.01. The van der Waals surface area contributed by atoms with E-state index in [1.165, 1.54) is 11.1 Å². The summed E-state index contributed by atoms with van der Waals surface area (Å²) in [5, 5.41) is 6.66. The molecule has 106 valence electrons. The van der Waals surface area contributed by atoms with Crippen molar-refractivity contribution in [2.45, 2.75) is 40.2 Å². The van der Waals surface area contributed by atoms with Crippen LogP contribution in [0.25, 0.3) is 0 Å². The molecule has 1 heterocycles. The minimum Gasteiger partial charge on any atom is -0.367 e. The van der Waals surface area contributed by atoms with Gasteiger partial charge < -0.3 is 10.6 Å². The molecule has 0 spiro atoms. The van der Waals surface area contributed by atoms with Crippen molar-refractivity contribution in [1.82, 2.24) is 9.97 Å². The standard InChI is InChI=1S/C16H22N4/c1-5-13(4)19-15-9-16(18-10-17-15)20-14-7-6-11(2)12(3)8-14/h6-10,13H,5H2,1-4H3,(H2,17,18,19,20). The normalized spacial score (nSPS) is 12.0. The number of aryl methyl sites for hydroxylation is 2. The summed E-state index contributed by atoms with van der Waals surface area (Å²) in [6.45, 7) is 8.50. The molecule has 1 aromatic carbocycles. The van der Waals surface area contributed by atoms with Crippen LogP contribution in [0.1, 0.15) is 31.4 Å². The summed E-state index contributed by atoms with van der Waals surface area (Å²) in [5.41, 5.74) is 3.60. The maximum atomic E-state index is 4.26. The molecular weight excluding hydrogens is 248 g/mol. The first-order valence-electron chi connectivity index (χ1n) is 7.01. The Morgan fingerprint density at radius 3 is 2.50 bits per heavy atom. The molecule has 0 aliphatic carbocycles. The Bertz CT molecular complexity index is 580. The molecule has 0 bridgehead atoms. The van der Waals surface area contributed by atoms with Gasteiger partial charge in [0.15, 0.2) is 0 Å². The van der Waals surface area contributed by atoms with E-state index in [0.717, 1.165) is 23.7 Å². The number of aromatic nitrogens is 2. The SMILES string of the molecule is CCC(C)Nc1cc(Nc2ccc(C)c(C)c2)ncn1. The maximum Gasteiger partial charge on any atom is 0.135 e. The van der Waals surface area contributed by atoms with Crippen molar-refractivity contribution < 1.29 is 0 Å². The predicted molar refractivity (Wildman–Crippen MR) is 84.6 cm³/mol. The average Bonchev–Trinajstić information content (AvgIpc) is 2.43. The molecule has 20 heavy (non-hydrogen) atoms. The zero-order chi connectivity index (χ0) is 14.5. The predicted octanol–water partition coefficient (Wildman–Crippen LogP) is 4.05. The van der Waals surface area contributed by atoms with Crippen LogP contribution in [0.15, 0.2) is 30.6 Å². The van der Waals surface area contributed by atoms with E-state index in [-0.39, 0.29) is 0 Å². The highest BCUT2D eigenvalue weighted by molar-refractivity contribution is 5.60. The van der Waals surface area contributed by atoms with Crippen LogP contribution in [0, 0.1) is 13.8 Å². The zero-order valence-corrected chi connectivity index (χ0v) is 12.6. The monoisotopic (exact) mass is 270 g/mol. The molecule has 0 saturated carbocycles. The lowest BCUT2D eigenvalue weighted by atomic mass is 10.1. The second-order valence-electron chi connectivity index (χ2n) is 5.17. The van der Waals surface area contributed by atoms with E-state index in [0.29, 0.717) is 6.04 Å². The van der Waals surface area contributed by atoms with Gasteiger partial charge in [0, 0.05) is 17.8 Å². The molecule has 1 aromatic heterocycles. The van der Waals surface area contributed by atoms with Crippen molar-refractivity contribution in [2.24, 2.45) is 0 Å². The average molecular weight is 270 g/mol. The second kappa shape index (κ2) is 6.37. The van der Waals surface area contributed by atoms with Gasteiger partial charge in [-0.25, -0.2) is 9.97 Å². The van der Waals surface area contributed by atoms with Crippen LogP contribution in [-0.2, 0) is 0 Å². The first-order chi connectivity index (χ1) is 9.58. The van der Waals surface area contributed by atoms with E-state index in [4.69, 9.17) is 0 Å². The van der Waals surface area contributed by atoms with Gasteiger partial charge in [0.05, 0.1) is 0 Å². The quantitative estimate of drug-likeness (QED) is 0.860. The van der Waals surface area contributed by atoms with Crippen molar-refractivity contribution in [3.63, 3.8) is 0 Å². The largest absolute Gasteiger partial charge is 0.367 e. The summed E-state index contributed by atoms with van der Waals surface area (Å²) in [6, 6.07) is 8.63. The minimum absolute atomic E-state index is 0.402. The highest BCUT2D eigenvalue weighted by atomic mass is 15.1. The van der Waals surface area contributed by atoms with E-state index in [9.17, 15) is 0 Å². The second-order valence-corrected chi connectivity index (χ2v) is 5.17. The third kappa shape index (κ3) is 3.70. The molecule has 0 fully saturated rings. The van der Waals surface area contributed by atoms with E-state index in [2.05, 4.69) is 66.5 Å². The summed E-state index contributed by atoms with van der Waals surface area (Å²) in [5.74, 6) is 1.65. The lowest BCUT2D eigenvalue weighted by Crippen LogP contribution is -2.14. The smallest absolute Gasteiger partial charge is 0.135 e. The fraction of sp³-hybridized carbons (Fsp3) is 0.375. The third-order valence-electron chi connectivity index (χ3n) is 3.45. The van der Waals surface area contributed by atoms with Crippen LogP contribution in [0.5, 0.6) is 0 Å². The van der Waals surface area contributed by atoms with Gasteiger partial charge in [-0.1, -0.05) is 13.0 Å². The van der Waals surface area contributed by atoms with Gasteiger partial charge in [-0.3, -0.25) is 0 Å². The number of benzene rings is 1. The molecule has 2 aromatic rings. The highest BCUT2D eigenvalue weighted by Gasteiger charge is 2.03. The molecule has 4 heteroatoms. The topological polar surface area (TPSA) is 49.8 Å². The summed E-state index contributed by atoms with van der Waals surface area (Å²) < 4.78 is 0. The first kappa shape index (κ1) is 14.3. The van der Waals surface area contributed by atoms with Crippen LogP contribution in [0.3, 0.4) is 0 Å². The van der Waals surface area contributed by atoms with Crippen LogP contribution in [0.4, 0.5) is 17.3 Å². The van der Waals surface area contributed by atoms with Crippen molar-refractivity contribution in [2.75, 3.05) is 10.6 Å². The Morgan fingerprint density at radius 1 is 1.05 bits per heavy atom. The van der Waals surface area contributed by atoms with E-state index in [1.807, 2.05) is 6.07 Å². The maximum absolute atomic E-state index is 4.26. The lowest BCUT2D eigenvalue weighted by molar-refractivity contribution is 0.758. The van der Waals surface area contributed by atoms with Crippen molar-refractivity contribution in [3.05, 3.63) is 41.7 Å². The summed E-state index contributed by atoms with van der Waals surface area (Å²) in [7, 11) is 0. The van der Waals surface area contributed by atoms with Gasteiger partial charge in [-0.2, -0.15) is 0 Å². The van der Waals surface area contributed by atoms with E-state index >= 15 is 0 Å². The fourth-order valence-corrected chi connectivity index (χ4v) is 1.83. The number of hydrogen-bond acceptors (Lipinski definition) is 4. The number of nitrogens with zero attached hydrogens (tertiary/aromatic N) is 2.